The summed E-state index contributed by atoms with van der Waals surface area (Å²) >= 11 is 0. The van der Waals surface area contributed by atoms with Crippen molar-refractivity contribution < 1.29 is 19.2 Å². The van der Waals surface area contributed by atoms with Crippen LogP contribution in [0.25, 0.3) is 0 Å². The van der Waals surface area contributed by atoms with Crippen molar-refractivity contribution in [3.63, 3.8) is 0 Å². The summed E-state index contributed by atoms with van der Waals surface area (Å²) in [7, 11) is 3.02. The molecule has 0 aliphatic carbocycles. The molecule has 0 aliphatic rings. The number of nitrogens with one attached hydrogen (secondary N) is 1. The maximum absolute atomic E-state index is 11.8. The van der Waals surface area contributed by atoms with Crippen LogP contribution in [-0.2, 0) is 19.2 Å². The monoisotopic (exact) mass is 335 g/mol. The van der Waals surface area contributed by atoms with Crippen LogP contribution in [0.5, 0.6) is 0 Å². The van der Waals surface area contributed by atoms with Gasteiger partial charge in [0, 0.05) is 37.8 Å². The van der Waals surface area contributed by atoms with E-state index in [0.29, 0.717) is 12.3 Å². The Morgan fingerprint density at radius 2 is 1.67 bits per heavy atom. The van der Waals surface area contributed by atoms with Crippen molar-refractivity contribution in [3.05, 3.63) is 0 Å². The van der Waals surface area contributed by atoms with Crippen LogP contribution in [-0.4, -0.2) is 41.6 Å². The summed E-state index contributed by atoms with van der Waals surface area (Å²) < 4.78 is 0. The van der Waals surface area contributed by atoms with Crippen molar-refractivity contribution in [2.45, 2.75) is 26.2 Å². The predicted octanol–water partition coefficient (Wildman–Crippen LogP) is -0.170. The molecule has 0 saturated heterocycles. The first-order valence-electron chi connectivity index (χ1n) is 6.43. The number of Topliss-reactive ketones (excluding diaryl/α,β-unsaturated/α-hetero) is 1. The van der Waals surface area contributed by atoms with Gasteiger partial charge in [-0.25, -0.2) is 0 Å². The average Bonchev–Trinajstić information content (AvgIpc) is 2.36. The molecule has 0 aromatic heterocycles. The minimum Gasteiger partial charge on any atom is -0.370 e. The lowest BCUT2D eigenvalue weighted by molar-refractivity contribution is -0.132. The van der Waals surface area contributed by atoms with Crippen LogP contribution < -0.4 is 16.8 Å². The molecule has 1 atom stereocenters. The number of carbonyl (C=O) groups excluding carboxylic acids is 4. The number of carbonyl (C=O) groups is 4. The molecular weight excluding hydrogens is 314 g/mol. The van der Waals surface area contributed by atoms with Crippen LogP contribution in [0.4, 0.5) is 0 Å². The lowest BCUT2D eigenvalue weighted by Gasteiger charge is -2.10. The molecule has 0 saturated carbocycles. The Morgan fingerprint density at radius 1 is 1.05 bits per heavy atom. The summed E-state index contributed by atoms with van der Waals surface area (Å²) in [6.07, 6.45) is 0.256. The average molecular weight is 335 g/mol. The number of hydrogen-bond acceptors (Lipinski definition) is 6. The van der Waals surface area contributed by atoms with Gasteiger partial charge in [0.25, 0.3) is 0 Å². The number of ketones is 1. The molecule has 0 aromatic carbocycles. The zero-order valence-corrected chi connectivity index (χ0v) is 13.6. The van der Waals surface area contributed by atoms with Crippen LogP contribution >= 0.6 is 21.6 Å². The largest absolute Gasteiger partial charge is 0.370 e. The minimum absolute atomic E-state index is 0.0298. The molecule has 7 nitrogen and oxygen atoms in total. The highest BCUT2D eigenvalue weighted by Gasteiger charge is 2.24. The molecule has 3 amide bonds. The van der Waals surface area contributed by atoms with Gasteiger partial charge in [-0.15, -0.1) is 0 Å². The van der Waals surface area contributed by atoms with Crippen molar-refractivity contribution in [3.8, 4) is 0 Å². The summed E-state index contributed by atoms with van der Waals surface area (Å²) in [4.78, 5) is 44.3. The minimum atomic E-state index is -0.942. The smallest absolute Gasteiger partial charge is 0.228 e. The second-order valence-electron chi connectivity index (χ2n) is 4.30. The predicted molar refractivity (Wildman–Crippen MR) is 84.3 cm³/mol. The lowest BCUT2D eigenvalue weighted by atomic mass is 9.96. The first-order chi connectivity index (χ1) is 9.84. The van der Waals surface area contributed by atoms with Crippen LogP contribution in [0, 0.1) is 5.92 Å². The SMILES string of the molecule is CC(=O)NCCSSCCC(=O)C(CCC(N)=O)C(N)=O. The Labute approximate surface area is 131 Å². The molecule has 21 heavy (non-hydrogen) atoms. The maximum Gasteiger partial charge on any atom is 0.228 e. The van der Waals surface area contributed by atoms with E-state index in [2.05, 4.69) is 5.32 Å². The number of rotatable bonds is 12. The third kappa shape index (κ3) is 11.1. The van der Waals surface area contributed by atoms with Gasteiger partial charge in [0.1, 0.15) is 5.78 Å². The molecule has 0 rings (SSSR count). The molecule has 0 radical (unpaired) electrons. The number of hydrogen-bond donors (Lipinski definition) is 3. The highest BCUT2D eigenvalue weighted by molar-refractivity contribution is 8.76. The van der Waals surface area contributed by atoms with Gasteiger partial charge in [0.2, 0.25) is 17.7 Å². The van der Waals surface area contributed by atoms with Gasteiger partial charge >= 0.3 is 0 Å². The summed E-state index contributed by atoms with van der Waals surface area (Å²) in [5.41, 5.74) is 10.1. The molecule has 0 aromatic rings. The normalized spacial score (nSPS) is 11.7. The van der Waals surface area contributed by atoms with Crippen LogP contribution in [0.15, 0.2) is 0 Å². The number of primary amides is 2. The highest BCUT2D eigenvalue weighted by Crippen LogP contribution is 2.22. The van der Waals surface area contributed by atoms with Gasteiger partial charge < -0.3 is 16.8 Å². The van der Waals surface area contributed by atoms with Crippen LogP contribution in [0.3, 0.4) is 0 Å². The molecule has 120 valence electrons. The van der Waals surface area contributed by atoms with Crippen molar-refractivity contribution in [1.82, 2.24) is 5.32 Å². The van der Waals surface area contributed by atoms with Gasteiger partial charge in [0.15, 0.2) is 0 Å². The van der Waals surface area contributed by atoms with Gasteiger partial charge in [-0.2, -0.15) is 0 Å². The Balaban J connectivity index is 3.85. The van der Waals surface area contributed by atoms with Crippen molar-refractivity contribution in [1.29, 1.82) is 0 Å². The molecule has 0 heterocycles. The first-order valence-corrected chi connectivity index (χ1v) is 8.92. The van der Waals surface area contributed by atoms with Crippen LogP contribution in [0.1, 0.15) is 26.2 Å². The van der Waals surface area contributed by atoms with Crippen LogP contribution in [0.2, 0.25) is 0 Å². The first kappa shape index (κ1) is 19.8. The second kappa shape index (κ2) is 11.4. The van der Waals surface area contributed by atoms with E-state index in [1.165, 1.54) is 28.5 Å². The second-order valence-corrected chi connectivity index (χ2v) is 7.01. The molecule has 1 unspecified atom stereocenters. The summed E-state index contributed by atoms with van der Waals surface area (Å²) in [6.45, 7) is 2.02. The molecule has 0 spiro atoms. The Hall–Kier alpha value is -1.22. The van der Waals surface area contributed by atoms with Gasteiger partial charge in [-0.1, -0.05) is 21.6 Å². The van der Waals surface area contributed by atoms with E-state index in [1.54, 1.807) is 0 Å². The molecule has 5 N–H and O–H groups in total. The number of nitrogens with two attached hydrogens (primary N) is 2. The fourth-order valence-electron chi connectivity index (χ4n) is 1.45. The zero-order chi connectivity index (χ0) is 16.3. The van der Waals surface area contributed by atoms with Crippen molar-refractivity contribution >= 4 is 45.1 Å². The van der Waals surface area contributed by atoms with Crippen molar-refractivity contribution in [2.24, 2.45) is 17.4 Å². The van der Waals surface area contributed by atoms with Gasteiger partial charge in [-0.3, -0.25) is 19.2 Å². The van der Waals surface area contributed by atoms with E-state index in [0.717, 1.165) is 5.75 Å². The fraction of sp³-hybridized carbons (Fsp3) is 0.667. The Bertz CT molecular complexity index is 391. The maximum atomic E-state index is 11.8. The molecule has 0 aliphatic heterocycles. The third-order valence-electron chi connectivity index (χ3n) is 2.49. The Morgan fingerprint density at radius 3 is 2.19 bits per heavy atom. The van der Waals surface area contributed by atoms with E-state index >= 15 is 0 Å². The van der Waals surface area contributed by atoms with E-state index in [-0.39, 0.29) is 31.0 Å². The molecule has 0 bridgehead atoms. The fourth-order valence-corrected chi connectivity index (χ4v) is 3.36. The van der Waals surface area contributed by atoms with E-state index in [4.69, 9.17) is 11.5 Å². The van der Waals surface area contributed by atoms with Gasteiger partial charge in [-0.05, 0) is 6.42 Å². The van der Waals surface area contributed by atoms with Crippen molar-refractivity contribution in [2.75, 3.05) is 18.1 Å². The highest BCUT2D eigenvalue weighted by atomic mass is 33.1. The molecule has 9 heteroatoms. The number of amides is 3. The Kier molecular flexibility index (Phi) is 10.8. The topological polar surface area (TPSA) is 132 Å². The zero-order valence-electron chi connectivity index (χ0n) is 11.9. The summed E-state index contributed by atoms with van der Waals surface area (Å²) in [5.74, 6) is -1.28. The standard InChI is InChI=1S/C12H21N3O4S2/c1-8(16)15-5-7-21-20-6-4-10(17)9(12(14)19)2-3-11(13)18/h9H,2-7H2,1H3,(H2,13,18)(H2,14,19)(H,15,16). The molecule has 0 fully saturated rings. The van der Waals surface area contributed by atoms with E-state index < -0.39 is 17.7 Å². The third-order valence-corrected chi connectivity index (χ3v) is 4.89. The lowest BCUT2D eigenvalue weighted by Crippen LogP contribution is -2.31. The molecular formula is C12H21N3O4S2. The quantitative estimate of drug-likeness (QED) is 0.258. The summed E-state index contributed by atoms with van der Waals surface area (Å²) in [6, 6.07) is 0. The van der Waals surface area contributed by atoms with E-state index in [9.17, 15) is 19.2 Å². The van der Waals surface area contributed by atoms with Gasteiger partial charge in [0.05, 0.1) is 5.92 Å². The van der Waals surface area contributed by atoms with E-state index in [1.807, 2.05) is 0 Å². The summed E-state index contributed by atoms with van der Waals surface area (Å²) in [5, 5.41) is 2.66.